The van der Waals surface area contributed by atoms with E-state index < -0.39 is 0 Å². The Morgan fingerprint density at radius 3 is 2.54 bits per heavy atom. The van der Waals surface area contributed by atoms with E-state index in [1.165, 1.54) is 5.69 Å². The van der Waals surface area contributed by atoms with E-state index >= 15 is 0 Å². The minimum Gasteiger partial charge on any atom is -0.490 e. The summed E-state index contributed by atoms with van der Waals surface area (Å²) >= 11 is 6.16. The number of aromatic nitrogens is 7. The monoisotopic (exact) mass is 923 g/mol. The van der Waals surface area contributed by atoms with Crippen LogP contribution in [-0.4, -0.2) is 109 Å². The molecule has 1 N–H and O–H groups in total. The Labute approximate surface area is 394 Å². The Hall–Kier alpha value is -6.41. The topological polar surface area (TPSA) is 178 Å². The summed E-state index contributed by atoms with van der Waals surface area (Å²) in [6.45, 7) is 7.10. The van der Waals surface area contributed by atoms with Crippen molar-refractivity contribution in [2.45, 2.75) is 102 Å². The van der Waals surface area contributed by atoms with Crippen molar-refractivity contribution >= 4 is 40.0 Å². The SMILES string of the molecule is CC(=O)N1CCc2c(c(-c3cccc4cc(-c5cnn(CCOC6CCN(c7ccc(C(=O)NC8CCC(Oc9ccc(C#N)c(Cl)c9)CC8)nn7)CC6)c5)ncc34)nn2C2CCOCC2)C1. The van der Waals surface area contributed by atoms with Crippen molar-refractivity contribution in [1.29, 1.82) is 5.26 Å². The van der Waals surface area contributed by atoms with Gasteiger partial charge in [-0.2, -0.15) is 15.5 Å². The second-order valence-electron chi connectivity index (χ2n) is 18.0. The predicted octanol–water partition coefficient (Wildman–Crippen LogP) is 7.34. The molecule has 0 radical (unpaired) electrons. The number of ether oxygens (including phenoxy) is 3. The molecule has 1 saturated carbocycles. The summed E-state index contributed by atoms with van der Waals surface area (Å²) in [4.78, 5) is 34.6. The number of carbonyl (C=O) groups excluding carboxylic acids is 2. The maximum atomic E-state index is 13.1. The van der Waals surface area contributed by atoms with Crippen molar-refractivity contribution in [2.24, 2.45) is 0 Å². The number of hydrogen-bond acceptors (Lipinski definition) is 12. The van der Waals surface area contributed by atoms with Crippen LogP contribution in [0, 0.1) is 11.3 Å². The van der Waals surface area contributed by atoms with Crippen molar-refractivity contribution in [3.05, 3.63) is 101 Å². The van der Waals surface area contributed by atoms with Gasteiger partial charge in [0.05, 0.1) is 59.6 Å². The number of nitrogens with zero attached hydrogens (tertiary/aromatic N) is 10. The Balaban J connectivity index is 0.690. The largest absolute Gasteiger partial charge is 0.490 e. The molecular weight excluding hydrogens is 870 g/mol. The molecule has 2 amide bonds. The van der Waals surface area contributed by atoms with Gasteiger partial charge < -0.3 is 29.3 Å². The second-order valence-corrected chi connectivity index (χ2v) is 18.4. The third-order valence-corrected chi connectivity index (χ3v) is 14.0. The lowest BCUT2D eigenvalue weighted by Gasteiger charge is -2.32. The molecule has 3 fully saturated rings. The van der Waals surface area contributed by atoms with Crippen LogP contribution in [0.3, 0.4) is 0 Å². The Morgan fingerprint density at radius 2 is 1.78 bits per heavy atom. The fraction of sp³-hybridized carbons (Fsp3) is 0.440. The quantitative estimate of drug-likeness (QED) is 0.129. The highest BCUT2D eigenvalue weighted by molar-refractivity contribution is 6.31. The van der Waals surface area contributed by atoms with Gasteiger partial charge in [0.1, 0.15) is 11.8 Å². The summed E-state index contributed by atoms with van der Waals surface area (Å²) in [6.07, 6.45) is 13.5. The first kappa shape index (κ1) is 44.4. The number of fused-ring (bicyclic) bond motifs is 2. The summed E-state index contributed by atoms with van der Waals surface area (Å²) < 4.78 is 22.2. The number of nitrogens with one attached hydrogen (secondary N) is 1. The summed E-state index contributed by atoms with van der Waals surface area (Å²) in [5.74, 6) is 1.25. The second kappa shape index (κ2) is 19.8. The van der Waals surface area contributed by atoms with Gasteiger partial charge in [0, 0.05) is 105 Å². The molecule has 3 aliphatic heterocycles. The summed E-state index contributed by atoms with van der Waals surface area (Å²) in [5, 5.41) is 33.3. The maximum absolute atomic E-state index is 13.1. The minimum absolute atomic E-state index is 0.0216. The molecule has 0 bridgehead atoms. The zero-order valence-corrected chi connectivity index (χ0v) is 38.4. The number of benzene rings is 2. The third-order valence-electron chi connectivity index (χ3n) is 13.7. The van der Waals surface area contributed by atoms with Gasteiger partial charge in [-0.3, -0.25) is 23.9 Å². The molecule has 4 aromatic heterocycles. The lowest BCUT2D eigenvalue weighted by atomic mass is 9.93. The van der Waals surface area contributed by atoms with E-state index in [9.17, 15) is 9.59 Å². The molecule has 16 nitrogen and oxygen atoms in total. The molecule has 67 heavy (non-hydrogen) atoms. The molecule has 17 heteroatoms. The smallest absolute Gasteiger partial charge is 0.272 e. The molecule has 2 aromatic carbocycles. The molecule has 2 saturated heterocycles. The number of rotatable bonds is 12. The molecule has 7 heterocycles. The van der Waals surface area contributed by atoms with Crippen molar-refractivity contribution in [2.75, 3.05) is 44.4 Å². The molecular formula is C50H54ClN11O5. The van der Waals surface area contributed by atoms with Crippen molar-refractivity contribution < 1.29 is 23.8 Å². The van der Waals surface area contributed by atoms with E-state index in [1.54, 1.807) is 31.2 Å². The first-order valence-corrected chi connectivity index (χ1v) is 23.9. The number of amides is 2. The first-order chi connectivity index (χ1) is 32.8. The molecule has 0 spiro atoms. The molecule has 0 atom stereocenters. The van der Waals surface area contributed by atoms with E-state index in [0.717, 1.165) is 129 Å². The lowest BCUT2D eigenvalue weighted by molar-refractivity contribution is -0.129. The average molecular weight is 925 g/mol. The van der Waals surface area contributed by atoms with Gasteiger partial charge in [-0.1, -0.05) is 29.8 Å². The van der Waals surface area contributed by atoms with Gasteiger partial charge in [-0.15, -0.1) is 10.2 Å². The van der Waals surface area contributed by atoms with Gasteiger partial charge >= 0.3 is 0 Å². The highest BCUT2D eigenvalue weighted by atomic mass is 35.5. The number of pyridine rings is 1. The van der Waals surface area contributed by atoms with Crippen molar-refractivity contribution in [3.8, 4) is 34.3 Å². The standard InChI is InChI=1S/C50H54ClN11O5/c1-32(63)60-20-15-47-43(31-60)49(58-62(47)37-16-22-65-23-17-37)41-4-2-3-33-25-46(53-29-42(33)41)35-28-54-61(30-35)21-24-66-38-13-18-59(19-14-38)48-12-11-45(56-57-48)50(64)55-36-6-9-39(10-7-36)67-40-8-5-34(27-52)44(51)26-40/h2-5,8,11-12,25-26,28-30,36-39H,6-7,9-10,13-24,31H2,1H3,(H,55,64). The number of carbonyl (C=O) groups is 2. The van der Waals surface area contributed by atoms with Crippen LogP contribution >= 0.6 is 11.6 Å². The fourth-order valence-corrected chi connectivity index (χ4v) is 10.1. The number of anilines is 1. The van der Waals surface area contributed by atoms with E-state index in [2.05, 4.69) is 60.5 Å². The zero-order chi connectivity index (χ0) is 45.9. The molecule has 346 valence electrons. The molecule has 0 unspecified atom stereocenters. The normalized spacial score (nSPS) is 19.2. The number of piperidine rings is 1. The van der Waals surface area contributed by atoms with Gasteiger partial charge in [0.25, 0.3) is 5.91 Å². The number of halogens is 1. The Morgan fingerprint density at radius 1 is 0.940 bits per heavy atom. The molecule has 1 aliphatic carbocycles. The van der Waals surface area contributed by atoms with Gasteiger partial charge in [0.2, 0.25) is 5.91 Å². The van der Waals surface area contributed by atoms with E-state index in [4.69, 9.17) is 41.2 Å². The van der Waals surface area contributed by atoms with Crippen LogP contribution in [0.5, 0.6) is 5.75 Å². The summed E-state index contributed by atoms with van der Waals surface area (Å²) in [5.41, 5.74) is 6.82. The van der Waals surface area contributed by atoms with Gasteiger partial charge in [-0.05, 0) is 87.1 Å². The minimum atomic E-state index is -0.227. The zero-order valence-electron chi connectivity index (χ0n) is 37.6. The van der Waals surface area contributed by atoms with Crippen LogP contribution in [0.1, 0.15) is 91.6 Å². The summed E-state index contributed by atoms with van der Waals surface area (Å²) in [6, 6.07) is 19.5. The molecule has 4 aliphatic rings. The Kier molecular flexibility index (Phi) is 13.1. The first-order valence-electron chi connectivity index (χ1n) is 23.5. The molecule has 10 rings (SSSR count). The number of nitriles is 1. The summed E-state index contributed by atoms with van der Waals surface area (Å²) in [7, 11) is 0. The average Bonchev–Trinajstić information content (AvgIpc) is 4.00. The van der Waals surface area contributed by atoms with E-state index in [0.29, 0.717) is 54.3 Å². The van der Waals surface area contributed by atoms with Crippen LogP contribution in [-0.2, 0) is 33.8 Å². The third kappa shape index (κ3) is 9.86. The van der Waals surface area contributed by atoms with Crippen LogP contribution in [0.25, 0.3) is 33.3 Å². The lowest BCUT2D eigenvalue weighted by Crippen LogP contribution is -2.40. The van der Waals surface area contributed by atoms with E-state index in [-0.39, 0.29) is 30.1 Å². The van der Waals surface area contributed by atoms with Crippen LogP contribution < -0.4 is 15.0 Å². The van der Waals surface area contributed by atoms with Crippen molar-refractivity contribution in [1.82, 2.24) is 45.0 Å². The highest BCUT2D eigenvalue weighted by Gasteiger charge is 2.31. The van der Waals surface area contributed by atoms with Crippen LogP contribution in [0.2, 0.25) is 5.02 Å². The van der Waals surface area contributed by atoms with Gasteiger partial charge in [-0.25, -0.2) is 0 Å². The van der Waals surface area contributed by atoms with E-state index in [1.807, 2.05) is 34.2 Å². The number of hydrogen-bond donors (Lipinski definition) is 1. The van der Waals surface area contributed by atoms with Crippen molar-refractivity contribution in [3.63, 3.8) is 0 Å². The van der Waals surface area contributed by atoms with Crippen LogP contribution in [0.15, 0.2) is 73.2 Å². The predicted molar refractivity (Wildman–Crippen MR) is 252 cm³/mol. The van der Waals surface area contributed by atoms with Crippen LogP contribution in [0.4, 0.5) is 5.82 Å². The molecule has 6 aromatic rings. The Bertz CT molecular complexity index is 2780. The van der Waals surface area contributed by atoms with Gasteiger partial charge in [0.15, 0.2) is 11.5 Å². The maximum Gasteiger partial charge on any atom is 0.272 e. The highest BCUT2D eigenvalue weighted by Crippen LogP contribution is 2.38. The fourth-order valence-electron chi connectivity index (χ4n) is 9.93.